The van der Waals surface area contributed by atoms with Crippen LogP contribution in [0.5, 0.6) is 0 Å². The van der Waals surface area contributed by atoms with Crippen LogP contribution < -0.4 is 5.73 Å². The van der Waals surface area contributed by atoms with Crippen molar-refractivity contribution in [2.75, 3.05) is 0 Å². The molecular weight excluding hydrogens is 242 g/mol. The number of benzene rings is 1. The van der Waals surface area contributed by atoms with Crippen molar-refractivity contribution in [2.24, 2.45) is 11.7 Å². The summed E-state index contributed by atoms with van der Waals surface area (Å²) in [6.07, 6.45) is 13.6. The molecular formula is C19H29N. The van der Waals surface area contributed by atoms with Gasteiger partial charge in [-0.1, -0.05) is 49.9 Å². The zero-order valence-electron chi connectivity index (χ0n) is 12.7. The van der Waals surface area contributed by atoms with E-state index in [-0.39, 0.29) is 0 Å². The van der Waals surface area contributed by atoms with E-state index < -0.39 is 0 Å². The van der Waals surface area contributed by atoms with Gasteiger partial charge in [-0.25, -0.2) is 0 Å². The first kappa shape index (κ1) is 14.1. The highest BCUT2D eigenvalue weighted by Gasteiger charge is 2.22. The largest absolute Gasteiger partial charge is 0.328 e. The van der Waals surface area contributed by atoms with Crippen LogP contribution in [0.2, 0.25) is 0 Å². The molecule has 0 aromatic heterocycles. The van der Waals surface area contributed by atoms with Crippen LogP contribution in [0.25, 0.3) is 0 Å². The van der Waals surface area contributed by atoms with Crippen LogP contribution in [-0.2, 0) is 6.42 Å². The molecule has 20 heavy (non-hydrogen) atoms. The van der Waals surface area contributed by atoms with Gasteiger partial charge in [-0.05, 0) is 61.5 Å². The maximum Gasteiger partial charge on any atom is 0.00447 e. The van der Waals surface area contributed by atoms with Crippen molar-refractivity contribution in [3.8, 4) is 0 Å². The minimum absolute atomic E-state index is 0.409. The van der Waals surface area contributed by atoms with Gasteiger partial charge in [0, 0.05) is 6.04 Å². The van der Waals surface area contributed by atoms with E-state index in [1.165, 1.54) is 64.2 Å². The molecule has 1 aromatic carbocycles. The summed E-state index contributed by atoms with van der Waals surface area (Å²) < 4.78 is 0. The maximum absolute atomic E-state index is 6.44. The molecule has 0 radical (unpaired) electrons. The number of fused-ring (bicyclic) bond motifs is 1. The molecule has 2 N–H and O–H groups in total. The Morgan fingerprint density at radius 3 is 2.70 bits per heavy atom. The molecule has 0 amide bonds. The van der Waals surface area contributed by atoms with Crippen LogP contribution in [0, 0.1) is 5.92 Å². The summed E-state index contributed by atoms with van der Waals surface area (Å²) in [5.41, 5.74) is 9.61. The Bertz CT molecular complexity index is 420. The molecule has 110 valence electrons. The van der Waals surface area contributed by atoms with Gasteiger partial charge in [-0.3, -0.25) is 0 Å². The molecule has 0 heterocycles. The Labute approximate surface area is 124 Å². The highest BCUT2D eigenvalue weighted by Crippen LogP contribution is 2.35. The summed E-state index contributed by atoms with van der Waals surface area (Å²) >= 11 is 0. The van der Waals surface area contributed by atoms with Crippen LogP contribution in [0.15, 0.2) is 24.3 Å². The van der Waals surface area contributed by atoms with Gasteiger partial charge in [0.25, 0.3) is 0 Å². The summed E-state index contributed by atoms with van der Waals surface area (Å²) in [5.74, 6) is 1.71. The van der Waals surface area contributed by atoms with Gasteiger partial charge in [0.15, 0.2) is 0 Å². The van der Waals surface area contributed by atoms with Gasteiger partial charge < -0.3 is 5.73 Å². The van der Waals surface area contributed by atoms with Gasteiger partial charge in [-0.2, -0.15) is 0 Å². The lowest BCUT2D eigenvalue weighted by Crippen LogP contribution is -2.25. The van der Waals surface area contributed by atoms with E-state index in [4.69, 9.17) is 5.73 Å². The first-order valence-electron chi connectivity index (χ1n) is 8.66. The number of rotatable bonds is 5. The Balaban J connectivity index is 1.52. The lowest BCUT2D eigenvalue weighted by molar-refractivity contribution is 0.403. The maximum atomic E-state index is 6.44. The molecule has 0 aliphatic heterocycles. The first-order chi connectivity index (χ1) is 9.83. The standard InChI is InChI=1S/C19H29N/c20-18(13-12-15-6-1-2-7-15)14-17-10-5-9-16-8-3-4-11-19(16)17/h3-4,8,11,15,17-18H,1-2,5-7,9-10,12-14,20H2. The van der Waals surface area contributed by atoms with Crippen molar-refractivity contribution in [1.29, 1.82) is 0 Å². The fraction of sp³-hybridized carbons (Fsp3) is 0.684. The van der Waals surface area contributed by atoms with Crippen LogP contribution in [-0.4, -0.2) is 6.04 Å². The minimum Gasteiger partial charge on any atom is -0.328 e. The Morgan fingerprint density at radius 1 is 1.05 bits per heavy atom. The third-order valence-corrected chi connectivity index (χ3v) is 5.50. The van der Waals surface area contributed by atoms with E-state index in [9.17, 15) is 0 Å². The number of hydrogen-bond donors (Lipinski definition) is 1. The quantitative estimate of drug-likeness (QED) is 0.818. The zero-order valence-corrected chi connectivity index (χ0v) is 12.7. The van der Waals surface area contributed by atoms with Crippen molar-refractivity contribution in [3.05, 3.63) is 35.4 Å². The Kier molecular flexibility index (Phi) is 4.77. The summed E-state index contributed by atoms with van der Waals surface area (Å²) in [6, 6.07) is 9.43. The summed E-state index contributed by atoms with van der Waals surface area (Å²) in [4.78, 5) is 0. The topological polar surface area (TPSA) is 26.0 Å². The fourth-order valence-electron chi connectivity index (χ4n) is 4.33. The summed E-state index contributed by atoms with van der Waals surface area (Å²) in [6.45, 7) is 0. The third kappa shape index (κ3) is 3.44. The van der Waals surface area contributed by atoms with Crippen LogP contribution in [0.4, 0.5) is 0 Å². The van der Waals surface area contributed by atoms with Gasteiger partial charge in [-0.15, -0.1) is 0 Å². The third-order valence-electron chi connectivity index (χ3n) is 5.50. The molecule has 3 rings (SSSR count). The van der Waals surface area contributed by atoms with E-state index in [1.54, 1.807) is 11.1 Å². The predicted octanol–water partition coefficient (Wildman–Crippen LogP) is 4.79. The van der Waals surface area contributed by atoms with Crippen molar-refractivity contribution in [1.82, 2.24) is 0 Å². The lowest BCUT2D eigenvalue weighted by atomic mass is 9.79. The van der Waals surface area contributed by atoms with Crippen LogP contribution >= 0.6 is 0 Å². The van der Waals surface area contributed by atoms with Crippen molar-refractivity contribution >= 4 is 0 Å². The van der Waals surface area contributed by atoms with Crippen LogP contribution in [0.1, 0.15) is 74.8 Å². The molecule has 1 fully saturated rings. The van der Waals surface area contributed by atoms with Crippen molar-refractivity contribution < 1.29 is 0 Å². The lowest BCUT2D eigenvalue weighted by Gasteiger charge is -2.28. The number of hydrogen-bond acceptors (Lipinski definition) is 1. The second kappa shape index (κ2) is 6.76. The molecule has 2 atom stereocenters. The van der Waals surface area contributed by atoms with E-state index in [2.05, 4.69) is 24.3 Å². The van der Waals surface area contributed by atoms with Crippen molar-refractivity contribution in [2.45, 2.75) is 76.2 Å². The Morgan fingerprint density at radius 2 is 1.85 bits per heavy atom. The molecule has 0 bridgehead atoms. The molecule has 1 saturated carbocycles. The number of aryl methyl sites for hydroxylation is 1. The highest BCUT2D eigenvalue weighted by atomic mass is 14.6. The van der Waals surface area contributed by atoms with Crippen molar-refractivity contribution in [3.63, 3.8) is 0 Å². The van der Waals surface area contributed by atoms with E-state index >= 15 is 0 Å². The molecule has 1 heteroatoms. The summed E-state index contributed by atoms with van der Waals surface area (Å²) in [5, 5.41) is 0. The normalized spacial score (nSPS) is 24.6. The first-order valence-corrected chi connectivity index (χ1v) is 8.66. The molecule has 0 saturated heterocycles. The molecule has 2 aliphatic rings. The average Bonchev–Trinajstić information content (AvgIpc) is 2.99. The molecule has 0 spiro atoms. The van der Waals surface area contributed by atoms with Gasteiger partial charge in [0.05, 0.1) is 0 Å². The van der Waals surface area contributed by atoms with Crippen LogP contribution in [0.3, 0.4) is 0 Å². The smallest absolute Gasteiger partial charge is 0.00447 e. The fourth-order valence-corrected chi connectivity index (χ4v) is 4.33. The van der Waals surface area contributed by atoms with Gasteiger partial charge in [0.2, 0.25) is 0 Å². The van der Waals surface area contributed by atoms with E-state index in [0.29, 0.717) is 6.04 Å². The highest BCUT2D eigenvalue weighted by molar-refractivity contribution is 5.32. The molecule has 1 aromatic rings. The molecule has 2 unspecified atom stereocenters. The summed E-state index contributed by atoms with van der Waals surface area (Å²) in [7, 11) is 0. The second-order valence-corrected chi connectivity index (χ2v) is 7.01. The monoisotopic (exact) mass is 271 g/mol. The Hall–Kier alpha value is -0.820. The van der Waals surface area contributed by atoms with E-state index in [0.717, 1.165) is 11.8 Å². The predicted molar refractivity (Wildman–Crippen MR) is 85.9 cm³/mol. The molecule has 1 nitrogen and oxygen atoms in total. The molecule has 2 aliphatic carbocycles. The van der Waals surface area contributed by atoms with E-state index in [1.807, 2.05) is 0 Å². The zero-order chi connectivity index (χ0) is 13.8. The van der Waals surface area contributed by atoms with Gasteiger partial charge >= 0.3 is 0 Å². The van der Waals surface area contributed by atoms with Gasteiger partial charge in [0.1, 0.15) is 0 Å². The minimum atomic E-state index is 0.409. The second-order valence-electron chi connectivity index (χ2n) is 7.01. The average molecular weight is 271 g/mol. The SMILES string of the molecule is NC(CCC1CCCC1)CC1CCCc2ccccc21. The number of nitrogens with two attached hydrogens (primary N) is 1.